The number of piperazine rings is 1. The summed E-state index contributed by atoms with van der Waals surface area (Å²) in [6.45, 7) is 5.36. The molecule has 0 atom stereocenters. The molecular weight excluding hydrogens is 330 g/mol. The quantitative estimate of drug-likeness (QED) is 0.790. The molecule has 2 fully saturated rings. The van der Waals surface area contributed by atoms with Crippen molar-refractivity contribution in [1.29, 1.82) is 5.26 Å². The maximum Gasteiger partial charge on any atom is 0.0822 e. The molecule has 1 aliphatic carbocycles. The van der Waals surface area contributed by atoms with E-state index in [9.17, 15) is 5.26 Å². The molecule has 27 heavy (non-hydrogen) atoms. The first kappa shape index (κ1) is 18.1. The van der Waals surface area contributed by atoms with Crippen molar-refractivity contribution in [1.82, 2.24) is 4.90 Å². The number of benzene rings is 2. The van der Waals surface area contributed by atoms with Crippen LogP contribution in [0, 0.1) is 11.3 Å². The Morgan fingerprint density at radius 2 is 1.48 bits per heavy atom. The second-order valence-corrected chi connectivity index (χ2v) is 8.05. The lowest BCUT2D eigenvalue weighted by molar-refractivity contribution is 0.250. The van der Waals surface area contributed by atoms with Gasteiger partial charge in [-0.2, -0.15) is 5.26 Å². The second-order valence-electron chi connectivity index (χ2n) is 8.05. The molecule has 0 bridgehead atoms. The lowest BCUT2D eigenvalue weighted by Gasteiger charge is -2.36. The molecule has 140 valence electrons. The highest BCUT2D eigenvalue weighted by Crippen LogP contribution is 2.39. The van der Waals surface area contributed by atoms with Gasteiger partial charge in [0.15, 0.2) is 0 Å². The zero-order valence-electron chi connectivity index (χ0n) is 16.1. The number of rotatable bonds is 4. The van der Waals surface area contributed by atoms with E-state index >= 15 is 0 Å². The molecule has 0 N–H and O–H groups in total. The first-order valence-corrected chi connectivity index (χ1v) is 10.3. The Kier molecular flexibility index (Phi) is 5.45. The second kappa shape index (κ2) is 8.15. The van der Waals surface area contributed by atoms with E-state index in [2.05, 4.69) is 70.5 Å². The van der Waals surface area contributed by atoms with Gasteiger partial charge in [-0.3, -0.25) is 4.90 Å². The molecule has 0 aromatic heterocycles. The fourth-order valence-electron chi connectivity index (χ4n) is 4.62. The third-order valence-corrected chi connectivity index (χ3v) is 6.33. The minimum Gasteiger partial charge on any atom is -0.369 e. The van der Waals surface area contributed by atoms with Gasteiger partial charge in [-0.25, -0.2) is 0 Å². The van der Waals surface area contributed by atoms with Gasteiger partial charge in [0.2, 0.25) is 0 Å². The van der Waals surface area contributed by atoms with E-state index in [0.717, 1.165) is 45.6 Å². The highest BCUT2D eigenvalue weighted by Gasteiger charge is 2.34. The normalized spacial score (nSPS) is 20.2. The molecule has 1 saturated heterocycles. The third kappa shape index (κ3) is 4.01. The van der Waals surface area contributed by atoms with Crippen molar-refractivity contribution in [3.05, 3.63) is 65.7 Å². The standard InChI is InChI=1S/C24H29N3/c25-20-24(13-5-2-6-14-24)22-9-11-23(12-10-22)27-17-15-26(16-18-27)19-21-7-3-1-4-8-21/h1,3-4,7-12H,2,5-6,13-19H2. The van der Waals surface area contributed by atoms with Crippen molar-refractivity contribution >= 4 is 5.69 Å². The van der Waals surface area contributed by atoms with Gasteiger partial charge in [0.1, 0.15) is 0 Å². The summed E-state index contributed by atoms with van der Waals surface area (Å²) in [4.78, 5) is 5.01. The van der Waals surface area contributed by atoms with Crippen LogP contribution >= 0.6 is 0 Å². The molecule has 1 saturated carbocycles. The van der Waals surface area contributed by atoms with Crippen LogP contribution in [0.15, 0.2) is 54.6 Å². The summed E-state index contributed by atoms with van der Waals surface area (Å²) in [5, 5.41) is 9.80. The first-order valence-electron chi connectivity index (χ1n) is 10.3. The van der Waals surface area contributed by atoms with Crippen molar-refractivity contribution in [3.8, 4) is 6.07 Å². The van der Waals surface area contributed by atoms with Crippen LogP contribution in [0.1, 0.15) is 43.2 Å². The van der Waals surface area contributed by atoms with E-state index in [1.807, 2.05) is 0 Å². The van der Waals surface area contributed by atoms with Gasteiger partial charge in [-0.15, -0.1) is 0 Å². The van der Waals surface area contributed by atoms with Crippen LogP contribution in [0.25, 0.3) is 0 Å². The Hall–Kier alpha value is -2.31. The van der Waals surface area contributed by atoms with Crippen molar-refractivity contribution in [3.63, 3.8) is 0 Å². The topological polar surface area (TPSA) is 30.3 Å². The number of nitrogens with zero attached hydrogens (tertiary/aromatic N) is 3. The molecule has 4 rings (SSSR count). The Labute approximate surface area is 163 Å². The molecule has 0 radical (unpaired) electrons. The fraction of sp³-hybridized carbons (Fsp3) is 0.458. The third-order valence-electron chi connectivity index (χ3n) is 6.33. The molecular formula is C24H29N3. The predicted octanol–water partition coefficient (Wildman–Crippen LogP) is 4.73. The van der Waals surface area contributed by atoms with E-state index in [-0.39, 0.29) is 5.41 Å². The smallest absolute Gasteiger partial charge is 0.0822 e. The first-order chi connectivity index (χ1) is 13.3. The summed E-state index contributed by atoms with van der Waals surface area (Å²) >= 11 is 0. The molecule has 1 aliphatic heterocycles. The SMILES string of the molecule is N#CC1(c2ccc(N3CCN(Cc4ccccc4)CC3)cc2)CCCCC1. The van der Waals surface area contributed by atoms with Crippen LogP contribution in [0.4, 0.5) is 5.69 Å². The lowest BCUT2D eigenvalue weighted by atomic mass is 9.70. The summed E-state index contributed by atoms with van der Waals surface area (Å²) in [6, 6.07) is 22.3. The fourth-order valence-corrected chi connectivity index (χ4v) is 4.62. The van der Waals surface area contributed by atoms with Gasteiger partial charge in [0.25, 0.3) is 0 Å². The van der Waals surface area contributed by atoms with Gasteiger partial charge in [0.05, 0.1) is 11.5 Å². The van der Waals surface area contributed by atoms with Crippen LogP contribution < -0.4 is 4.90 Å². The van der Waals surface area contributed by atoms with E-state index in [4.69, 9.17) is 0 Å². The minimum atomic E-state index is -0.245. The van der Waals surface area contributed by atoms with Crippen molar-refractivity contribution in [2.45, 2.75) is 44.1 Å². The van der Waals surface area contributed by atoms with E-state index in [1.165, 1.54) is 36.1 Å². The van der Waals surface area contributed by atoms with Gasteiger partial charge in [-0.05, 0) is 36.1 Å². The zero-order valence-corrected chi connectivity index (χ0v) is 16.1. The zero-order chi connectivity index (χ0) is 18.5. The minimum absolute atomic E-state index is 0.245. The molecule has 0 spiro atoms. The largest absolute Gasteiger partial charge is 0.369 e. The number of nitriles is 1. The summed E-state index contributed by atoms with van der Waals surface area (Å²) in [5.74, 6) is 0. The van der Waals surface area contributed by atoms with Gasteiger partial charge >= 0.3 is 0 Å². The van der Waals surface area contributed by atoms with E-state index < -0.39 is 0 Å². The van der Waals surface area contributed by atoms with Crippen molar-refractivity contribution in [2.24, 2.45) is 0 Å². The van der Waals surface area contributed by atoms with Crippen LogP contribution in [0.2, 0.25) is 0 Å². The van der Waals surface area contributed by atoms with Crippen LogP contribution in [0.3, 0.4) is 0 Å². The maximum absolute atomic E-state index is 9.80. The Balaban J connectivity index is 1.37. The Morgan fingerprint density at radius 3 is 2.11 bits per heavy atom. The monoisotopic (exact) mass is 359 g/mol. The van der Waals surface area contributed by atoms with Gasteiger partial charge in [0, 0.05) is 38.4 Å². The maximum atomic E-state index is 9.80. The summed E-state index contributed by atoms with van der Waals surface area (Å²) in [5.41, 5.74) is 3.66. The molecule has 2 aromatic rings. The van der Waals surface area contributed by atoms with Gasteiger partial charge in [-0.1, -0.05) is 61.7 Å². The van der Waals surface area contributed by atoms with Crippen LogP contribution in [0.5, 0.6) is 0 Å². The molecule has 0 unspecified atom stereocenters. The number of anilines is 1. The summed E-state index contributed by atoms with van der Waals surface area (Å²) in [7, 11) is 0. The molecule has 3 nitrogen and oxygen atoms in total. The highest BCUT2D eigenvalue weighted by atomic mass is 15.3. The Morgan fingerprint density at radius 1 is 0.815 bits per heavy atom. The van der Waals surface area contributed by atoms with Gasteiger partial charge < -0.3 is 4.90 Å². The average molecular weight is 360 g/mol. The van der Waals surface area contributed by atoms with Crippen molar-refractivity contribution < 1.29 is 0 Å². The molecule has 3 heteroatoms. The lowest BCUT2D eigenvalue weighted by Crippen LogP contribution is -2.46. The van der Waals surface area contributed by atoms with E-state index in [0.29, 0.717) is 0 Å². The van der Waals surface area contributed by atoms with Crippen LogP contribution in [-0.2, 0) is 12.0 Å². The van der Waals surface area contributed by atoms with Crippen molar-refractivity contribution in [2.75, 3.05) is 31.1 Å². The molecule has 2 aromatic carbocycles. The van der Waals surface area contributed by atoms with Crippen LogP contribution in [-0.4, -0.2) is 31.1 Å². The molecule has 0 amide bonds. The summed E-state index contributed by atoms with van der Waals surface area (Å²) in [6.07, 6.45) is 5.66. The predicted molar refractivity (Wildman–Crippen MR) is 111 cm³/mol. The molecule has 1 heterocycles. The van der Waals surface area contributed by atoms with E-state index in [1.54, 1.807) is 0 Å². The Bertz CT molecular complexity index is 762. The average Bonchev–Trinajstić information content (AvgIpc) is 2.76. The number of hydrogen-bond donors (Lipinski definition) is 0. The number of hydrogen-bond acceptors (Lipinski definition) is 3. The highest BCUT2D eigenvalue weighted by molar-refractivity contribution is 5.50. The summed E-state index contributed by atoms with van der Waals surface area (Å²) < 4.78 is 0. The molecule has 2 aliphatic rings.